The van der Waals surface area contributed by atoms with Crippen LogP contribution < -0.4 is 5.32 Å². The lowest BCUT2D eigenvalue weighted by Gasteiger charge is -2.13. The maximum atomic E-state index is 13.0. The SMILES string of the molecule is CC/C(C)=C(\C(=O)NC)C(=NC)c1ccc(F)cc1. The summed E-state index contributed by atoms with van der Waals surface area (Å²) >= 11 is 0. The minimum atomic E-state index is -0.308. The number of hydrogen-bond donors (Lipinski definition) is 1. The first-order valence-corrected chi connectivity index (χ1v) is 6.20. The quantitative estimate of drug-likeness (QED) is 0.658. The lowest BCUT2D eigenvalue weighted by molar-refractivity contribution is -0.116. The van der Waals surface area contributed by atoms with Crippen LogP contribution in [0.4, 0.5) is 4.39 Å². The van der Waals surface area contributed by atoms with E-state index in [4.69, 9.17) is 0 Å². The molecule has 1 rings (SSSR count). The molecule has 0 spiro atoms. The molecular formula is C15H19FN2O. The first-order valence-electron chi connectivity index (χ1n) is 6.20. The number of nitrogens with one attached hydrogen (secondary N) is 1. The Kier molecular flexibility index (Phi) is 5.42. The largest absolute Gasteiger partial charge is 0.355 e. The van der Waals surface area contributed by atoms with E-state index in [9.17, 15) is 9.18 Å². The van der Waals surface area contributed by atoms with Gasteiger partial charge in [0, 0.05) is 19.7 Å². The van der Waals surface area contributed by atoms with Crippen molar-refractivity contribution in [2.75, 3.05) is 14.1 Å². The van der Waals surface area contributed by atoms with E-state index in [2.05, 4.69) is 10.3 Å². The van der Waals surface area contributed by atoms with E-state index < -0.39 is 0 Å². The van der Waals surface area contributed by atoms with Crippen LogP contribution in [0.2, 0.25) is 0 Å². The van der Waals surface area contributed by atoms with Crippen molar-refractivity contribution in [3.8, 4) is 0 Å². The van der Waals surface area contributed by atoms with E-state index in [1.807, 2.05) is 13.8 Å². The van der Waals surface area contributed by atoms with Crippen LogP contribution in [0.25, 0.3) is 0 Å². The Balaban J connectivity index is 3.34. The van der Waals surface area contributed by atoms with Crippen molar-refractivity contribution >= 4 is 11.6 Å². The average molecular weight is 262 g/mol. The van der Waals surface area contributed by atoms with Gasteiger partial charge in [-0.05, 0) is 37.6 Å². The Bertz CT molecular complexity index is 515. The molecule has 1 aromatic carbocycles. The predicted octanol–water partition coefficient (Wildman–Crippen LogP) is 2.72. The molecule has 0 aliphatic rings. The highest BCUT2D eigenvalue weighted by atomic mass is 19.1. The van der Waals surface area contributed by atoms with Gasteiger partial charge in [-0.3, -0.25) is 9.79 Å². The lowest BCUT2D eigenvalue weighted by Crippen LogP contribution is -2.26. The van der Waals surface area contributed by atoms with Crippen molar-refractivity contribution in [1.82, 2.24) is 5.32 Å². The van der Waals surface area contributed by atoms with Crippen molar-refractivity contribution in [2.45, 2.75) is 20.3 Å². The topological polar surface area (TPSA) is 41.5 Å². The van der Waals surface area contributed by atoms with E-state index in [1.165, 1.54) is 12.1 Å². The molecule has 1 aromatic rings. The maximum absolute atomic E-state index is 13.0. The van der Waals surface area contributed by atoms with Crippen LogP contribution in [0.1, 0.15) is 25.8 Å². The van der Waals surface area contributed by atoms with E-state index in [-0.39, 0.29) is 11.7 Å². The van der Waals surface area contributed by atoms with Gasteiger partial charge in [-0.2, -0.15) is 0 Å². The standard InChI is InChI=1S/C15H19FN2O/c1-5-10(2)13(15(19)18-4)14(17-3)11-6-8-12(16)9-7-11/h6-9H,5H2,1-4H3,(H,18,19)/b13-10-,17-14?. The van der Waals surface area contributed by atoms with Gasteiger partial charge in [-0.25, -0.2) is 4.39 Å². The summed E-state index contributed by atoms with van der Waals surface area (Å²) in [6, 6.07) is 5.99. The predicted molar refractivity (Wildman–Crippen MR) is 75.9 cm³/mol. The molecule has 0 aromatic heterocycles. The molecule has 0 atom stereocenters. The van der Waals surface area contributed by atoms with Crippen LogP contribution in [-0.2, 0) is 4.79 Å². The van der Waals surface area contributed by atoms with Crippen LogP contribution in [0, 0.1) is 5.82 Å². The Morgan fingerprint density at radius 3 is 2.32 bits per heavy atom. The maximum Gasteiger partial charge on any atom is 0.253 e. The second-order valence-corrected chi connectivity index (χ2v) is 4.17. The van der Waals surface area contributed by atoms with Gasteiger partial charge >= 0.3 is 0 Å². The summed E-state index contributed by atoms with van der Waals surface area (Å²) in [4.78, 5) is 16.2. The summed E-state index contributed by atoms with van der Waals surface area (Å²) in [5, 5.41) is 2.62. The molecule has 0 radical (unpaired) electrons. The summed E-state index contributed by atoms with van der Waals surface area (Å²) in [6.07, 6.45) is 0.753. The van der Waals surface area contributed by atoms with E-state index >= 15 is 0 Å². The summed E-state index contributed by atoms with van der Waals surface area (Å²) < 4.78 is 13.0. The monoisotopic (exact) mass is 262 g/mol. The highest BCUT2D eigenvalue weighted by Crippen LogP contribution is 2.16. The van der Waals surface area contributed by atoms with Crippen LogP contribution in [-0.4, -0.2) is 25.7 Å². The van der Waals surface area contributed by atoms with Crippen LogP contribution >= 0.6 is 0 Å². The van der Waals surface area contributed by atoms with Gasteiger partial charge in [0.15, 0.2) is 0 Å². The minimum Gasteiger partial charge on any atom is -0.355 e. The number of carbonyl (C=O) groups excluding carboxylic acids is 1. The Labute approximate surface area is 113 Å². The molecule has 1 N–H and O–H groups in total. The zero-order chi connectivity index (χ0) is 14.4. The highest BCUT2D eigenvalue weighted by Gasteiger charge is 2.18. The number of likely N-dealkylation sites (N-methyl/N-ethyl adjacent to an activating group) is 1. The number of halogens is 1. The van der Waals surface area contributed by atoms with Gasteiger partial charge in [0.05, 0.1) is 11.3 Å². The Morgan fingerprint density at radius 1 is 1.32 bits per heavy atom. The Hall–Kier alpha value is -1.97. The molecule has 102 valence electrons. The number of allylic oxidation sites excluding steroid dienone is 1. The number of benzene rings is 1. The molecule has 0 aliphatic heterocycles. The normalized spacial score (nSPS) is 13.0. The van der Waals surface area contributed by atoms with Crippen LogP contribution in [0.15, 0.2) is 40.4 Å². The van der Waals surface area contributed by atoms with Crippen LogP contribution in [0.5, 0.6) is 0 Å². The van der Waals surface area contributed by atoms with Crippen molar-refractivity contribution in [1.29, 1.82) is 0 Å². The minimum absolute atomic E-state index is 0.177. The van der Waals surface area contributed by atoms with Gasteiger partial charge in [0.1, 0.15) is 5.82 Å². The summed E-state index contributed by atoms with van der Waals surface area (Å²) in [5.41, 5.74) is 2.82. The summed E-state index contributed by atoms with van der Waals surface area (Å²) in [6.45, 7) is 3.88. The van der Waals surface area contributed by atoms with Crippen molar-refractivity contribution in [2.24, 2.45) is 4.99 Å². The van der Waals surface area contributed by atoms with Crippen molar-refractivity contribution in [3.05, 3.63) is 46.8 Å². The smallest absolute Gasteiger partial charge is 0.253 e. The Morgan fingerprint density at radius 2 is 1.89 bits per heavy atom. The third-order valence-electron chi connectivity index (χ3n) is 2.99. The molecule has 0 aliphatic carbocycles. The van der Waals surface area contributed by atoms with E-state index in [0.717, 1.165) is 17.6 Å². The molecular weight excluding hydrogens is 243 g/mol. The lowest BCUT2D eigenvalue weighted by atomic mass is 9.96. The van der Waals surface area contributed by atoms with Crippen LogP contribution in [0.3, 0.4) is 0 Å². The fourth-order valence-corrected chi connectivity index (χ4v) is 1.80. The number of amides is 1. The van der Waals surface area contributed by atoms with Gasteiger partial charge in [0.2, 0.25) is 0 Å². The molecule has 0 heterocycles. The fraction of sp³-hybridized carbons (Fsp3) is 0.333. The van der Waals surface area contributed by atoms with E-state index in [0.29, 0.717) is 11.3 Å². The van der Waals surface area contributed by atoms with Gasteiger partial charge in [0.25, 0.3) is 5.91 Å². The average Bonchev–Trinajstić information content (AvgIpc) is 2.44. The number of nitrogens with zero attached hydrogens (tertiary/aromatic N) is 1. The zero-order valence-corrected chi connectivity index (χ0v) is 11.7. The third-order valence-corrected chi connectivity index (χ3v) is 2.99. The van der Waals surface area contributed by atoms with Crippen molar-refractivity contribution < 1.29 is 9.18 Å². The molecule has 0 saturated heterocycles. The molecule has 3 nitrogen and oxygen atoms in total. The molecule has 1 amide bonds. The highest BCUT2D eigenvalue weighted by molar-refractivity contribution is 6.28. The number of aliphatic imine (C=N–C) groups is 1. The molecule has 0 unspecified atom stereocenters. The molecule has 0 saturated carbocycles. The zero-order valence-electron chi connectivity index (χ0n) is 11.7. The van der Waals surface area contributed by atoms with Crippen molar-refractivity contribution in [3.63, 3.8) is 0 Å². The summed E-state index contributed by atoms with van der Waals surface area (Å²) in [5.74, 6) is -0.485. The van der Waals surface area contributed by atoms with Gasteiger partial charge in [-0.15, -0.1) is 0 Å². The number of rotatable bonds is 4. The molecule has 0 fully saturated rings. The van der Waals surface area contributed by atoms with Gasteiger partial charge in [-0.1, -0.05) is 12.5 Å². The molecule has 19 heavy (non-hydrogen) atoms. The second kappa shape index (κ2) is 6.83. The third kappa shape index (κ3) is 3.50. The van der Waals surface area contributed by atoms with E-state index in [1.54, 1.807) is 26.2 Å². The summed E-state index contributed by atoms with van der Waals surface area (Å²) in [7, 11) is 3.22. The fourth-order valence-electron chi connectivity index (χ4n) is 1.80. The number of hydrogen-bond acceptors (Lipinski definition) is 2. The first kappa shape index (κ1) is 15.1. The molecule has 4 heteroatoms. The second-order valence-electron chi connectivity index (χ2n) is 4.17. The first-order chi connectivity index (χ1) is 9.04. The number of carbonyl (C=O) groups is 1. The molecule has 0 bridgehead atoms. The van der Waals surface area contributed by atoms with Gasteiger partial charge < -0.3 is 5.32 Å².